The van der Waals surface area contributed by atoms with Crippen LogP contribution in [0, 0.1) is 0 Å². The molecule has 0 aromatic heterocycles. The molecule has 2 N–H and O–H groups in total. The van der Waals surface area contributed by atoms with E-state index < -0.39 is 0 Å². The number of fused-ring (bicyclic) bond motifs is 1. The summed E-state index contributed by atoms with van der Waals surface area (Å²) < 4.78 is 6.03. The van der Waals surface area contributed by atoms with Crippen molar-refractivity contribution in [2.75, 3.05) is 25.0 Å². The van der Waals surface area contributed by atoms with E-state index in [-0.39, 0.29) is 0 Å². The average Bonchev–Trinajstić information content (AvgIpc) is 2.40. The molecule has 2 aliphatic rings. The Bertz CT molecular complexity index is 386. The number of ether oxygens (including phenoxy) is 1. The fourth-order valence-corrected chi connectivity index (χ4v) is 2.64. The van der Waals surface area contributed by atoms with E-state index in [4.69, 9.17) is 4.74 Å². The monoisotopic (exact) mass is 232 g/mol. The molecule has 2 heterocycles. The molecule has 0 spiro atoms. The molecule has 0 aliphatic carbocycles. The maximum atomic E-state index is 6.03. The molecule has 0 saturated carbocycles. The Morgan fingerprint density at radius 1 is 1.18 bits per heavy atom. The minimum absolute atomic E-state index is 0.346. The maximum absolute atomic E-state index is 6.03. The minimum Gasteiger partial charge on any atom is -0.489 e. The first-order valence-corrected chi connectivity index (χ1v) is 6.66. The van der Waals surface area contributed by atoms with Gasteiger partial charge in [-0.2, -0.15) is 0 Å². The first kappa shape index (κ1) is 10.9. The molecule has 3 rings (SSSR count). The molecule has 0 radical (unpaired) electrons. The molecule has 3 nitrogen and oxygen atoms in total. The molecular formula is C14H20N2O. The van der Waals surface area contributed by atoms with Crippen molar-refractivity contribution >= 4 is 5.69 Å². The second-order valence-corrected chi connectivity index (χ2v) is 4.94. The predicted molar refractivity (Wildman–Crippen MR) is 69.8 cm³/mol. The Balaban J connectivity index is 1.70. The molecule has 1 aromatic carbocycles. The van der Waals surface area contributed by atoms with Crippen molar-refractivity contribution in [2.24, 2.45) is 0 Å². The lowest BCUT2D eigenvalue weighted by atomic mass is 10.0. The number of hydrogen-bond acceptors (Lipinski definition) is 3. The molecule has 92 valence electrons. The Labute approximate surface area is 103 Å². The summed E-state index contributed by atoms with van der Waals surface area (Å²) in [7, 11) is 0. The van der Waals surface area contributed by atoms with Crippen LogP contribution in [0.5, 0.6) is 5.75 Å². The van der Waals surface area contributed by atoms with Gasteiger partial charge in [0, 0.05) is 18.8 Å². The Hall–Kier alpha value is -1.22. The summed E-state index contributed by atoms with van der Waals surface area (Å²) in [5, 5.41) is 6.81. The molecular weight excluding hydrogens is 212 g/mol. The summed E-state index contributed by atoms with van der Waals surface area (Å²) in [5.41, 5.74) is 2.68. The fourth-order valence-electron chi connectivity index (χ4n) is 2.64. The molecule has 3 heteroatoms. The fraction of sp³-hybridized carbons (Fsp3) is 0.571. The van der Waals surface area contributed by atoms with Gasteiger partial charge in [-0.05, 0) is 56.0 Å². The van der Waals surface area contributed by atoms with E-state index in [9.17, 15) is 0 Å². The molecule has 1 fully saturated rings. The maximum Gasteiger partial charge on any atom is 0.120 e. The second-order valence-electron chi connectivity index (χ2n) is 4.94. The normalized spacial score (nSPS) is 23.6. The number of hydrogen-bond donors (Lipinski definition) is 2. The van der Waals surface area contributed by atoms with E-state index in [0.29, 0.717) is 6.10 Å². The van der Waals surface area contributed by atoms with Gasteiger partial charge in [0.15, 0.2) is 0 Å². The first-order valence-electron chi connectivity index (χ1n) is 6.66. The Morgan fingerprint density at radius 2 is 2.18 bits per heavy atom. The van der Waals surface area contributed by atoms with Gasteiger partial charge in [0.05, 0.1) is 0 Å². The Kier molecular flexibility index (Phi) is 3.18. The van der Waals surface area contributed by atoms with Gasteiger partial charge in [-0.3, -0.25) is 0 Å². The summed E-state index contributed by atoms with van der Waals surface area (Å²) in [6.45, 7) is 3.21. The zero-order valence-electron chi connectivity index (χ0n) is 10.2. The molecule has 1 atom stereocenters. The standard InChI is InChI=1S/C14H20N2O/c1-3-11-9-12(5-6-14(11)16-8-1)17-13-4-2-7-15-10-13/h5-6,9,13,15-16H,1-4,7-8,10H2. The van der Waals surface area contributed by atoms with Crippen LogP contribution in [0.1, 0.15) is 24.8 Å². The van der Waals surface area contributed by atoms with Crippen LogP contribution < -0.4 is 15.4 Å². The van der Waals surface area contributed by atoms with Crippen LogP contribution in [0.25, 0.3) is 0 Å². The van der Waals surface area contributed by atoms with Gasteiger partial charge >= 0.3 is 0 Å². The van der Waals surface area contributed by atoms with Crippen molar-refractivity contribution in [1.29, 1.82) is 0 Å². The van der Waals surface area contributed by atoms with E-state index in [1.54, 1.807) is 0 Å². The van der Waals surface area contributed by atoms with Crippen LogP contribution in [0.2, 0.25) is 0 Å². The minimum atomic E-state index is 0.346. The number of rotatable bonds is 2. The summed E-state index contributed by atoms with van der Waals surface area (Å²) in [4.78, 5) is 0. The van der Waals surface area contributed by atoms with Crippen LogP contribution in [-0.2, 0) is 6.42 Å². The summed E-state index contributed by atoms with van der Waals surface area (Å²) in [5.74, 6) is 1.03. The van der Waals surface area contributed by atoms with Gasteiger partial charge in [-0.25, -0.2) is 0 Å². The molecule has 0 amide bonds. The van der Waals surface area contributed by atoms with Crippen LogP contribution in [-0.4, -0.2) is 25.7 Å². The highest BCUT2D eigenvalue weighted by Crippen LogP contribution is 2.27. The van der Waals surface area contributed by atoms with E-state index >= 15 is 0 Å². The van der Waals surface area contributed by atoms with E-state index in [0.717, 1.165) is 25.4 Å². The smallest absolute Gasteiger partial charge is 0.120 e. The molecule has 1 unspecified atom stereocenters. The largest absolute Gasteiger partial charge is 0.489 e. The van der Waals surface area contributed by atoms with E-state index in [1.165, 1.54) is 36.9 Å². The van der Waals surface area contributed by atoms with E-state index in [2.05, 4.69) is 28.8 Å². The van der Waals surface area contributed by atoms with Gasteiger partial charge < -0.3 is 15.4 Å². The van der Waals surface area contributed by atoms with Crippen molar-refractivity contribution in [2.45, 2.75) is 31.8 Å². The van der Waals surface area contributed by atoms with Crippen molar-refractivity contribution in [3.63, 3.8) is 0 Å². The third-order valence-electron chi connectivity index (χ3n) is 3.57. The van der Waals surface area contributed by atoms with Gasteiger partial charge in [0.1, 0.15) is 11.9 Å². The second kappa shape index (κ2) is 4.96. The number of aryl methyl sites for hydroxylation is 1. The van der Waals surface area contributed by atoms with Crippen LogP contribution in [0.4, 0.5) is 5.69 Å². The topological polar surface area (TPSA) is 33.3 Å². The molecule has 2 aliphatic heterocycles. The lowest BCUT2D eigenvalue weighted by molar-refractivity contribution is 0.167. The van der Waals surface area contributed by atoms with Crippen molar-refractivity contribution < 1.29 is 4.74 Å². The van der Waals surface area contributed by atoms with E-state index in [1.807, 2.05) is 0 Å². The van der Waals surface area contributed by atoms with Gasteiger partial charge in [-0.1, -0.05) is 0 Å². The lowest BCUT2D eigenvalue weighted by Crippen LogP contribution is -2.37. The lowest BCUT2D eigenvalue weighted by Gasteiger charge is -2.25. The SMILES string of the molecule is c1cc2c(cc1OC1CCCNC1)CCCN2. The average molecular weight is 232 g/mol. The highest BCUT2D eigenvalue weighted by Gasteiger charge is 2.15. The number of nitrogens with one attached hydrogen (secondary N) is 2. The van der Waals surface area contributed by atoms with Crippen molar-refractivity contribution in [1.82, 2.24) is 5.32 Å². The van der Waals surface area contributed by atoms with Crippen LogP contribution in [0.15, 0.2) is 18.2 Å². The highest BCUT2D eigenvalue weighted by atomic mass is 16.5. The number of anilines is 1. The summed E-state index contributed by atoms with van der Waals surface area (Å²) in [6, 6.07) is 6.45. The third kappa shape index (κ3) is 2.55. The van der Waals surface area contributed by atoms with Crippen LogP contribution >= 0.6 is 0 Å². The zero-order chi connectivity index (χ0) is 11.5. The molecule has 17 heavy (non-hydrogen) atoms. The summed E-state index contributed by atoms with van der Waals surface area (Å²) in [6.07, 6.45) is 5.13. The predicted octanol–water partition coefficient (Wildman–Crippen LogP) is 2.18. The first-order chi connectivity index (χ1) is 8.42. The van der Waals surface area contributed by atoms with Gasteiger partial charge in [-0.15, -0.1) is 0 Å². The number of benzene rings is 1. The van der Waals surface area contributed by atoms with Crippen LogP contribution in [0.3, 0.4) is 0 Å². The highest BCUT2D eigenvalue weighted by molar-refractivity contribution is 5.55. The quantitative estimate of drug-likeness (QED) is 0.820. The molecule has 1 aromatic rings. The summed E-state index contributed by atoms with van der Waals surface area (Å²) >= 11 is 0. The molecule has 1 saturated heterocycles. The third-order valence-corrected chi connectivity index (χ3v) is 3.57. The zero-order valence-corrected chi connectivity index (χ0v) is 10.2. The van der Waals surface area contributed by atoms with Crippen molar-refractivity contribution in [3.8, 4) is 5.75 Å². The molecule has 0 bridgehead atoms. The van der Waals surface area contributed by atoms with Gasteiger partial charge in [0.25, 0.3) is 0 Å². The van der Waals surface area contributed by atoms with Crippen molar-refractivity contribution in [3.05, 3.63) is 23.8 Å². The Morgan fingerprint density at radius 3 is 3.06 bits per heavy atom. The van der Waals surface area contributed by atoms with Gasteiger partial charge in [0.2, 0.25) is 0 Å². The number of piperidine rings is 1.